The van der Waals surface area contributed by atoms with E-state index in [1.165, 1.54) is 18.3 Å². The number of halogens is 2. The topological polar surface area (TPSA) is 76.9 Å². The molecular formula is C11H10BrFN4O. The third kappa shape index (κ3) is 2.35. The zero-order valence-electron chi connectivity index (χ0n) is 9.45. The minimum absolute atomic E-state index is 0.0416. The fourth-order valence-electron chi connectivity index (χ4n) is 1.40. The van der Waals surface area contributed by atoms with Crippen LogP contribution < -0.4 is 10.5 Å². The van der Waals surface area contributed by atoms with E-state index in [4.69, 9.17) is 15.9 Å². The van der Waals surface area contributed by atoms with E-state index in [0.29, 0.717) is 5.75 Å². The lowest BCUT2D eigenvalue weighted by atomic mass is 10.2. The van der Waals surface area contributed by atoms with Gasteiger partial charge in [-0.15, -0.1) is 0 Å². The van der Waals surface area contributed by atoms with Crippen LogP contribution in [-0.4, -0.2) is 15.6 Å². The summed E-state index contributed by atoms with van der Waals surface area (Å²) in [5.74, 6) is -0.348. The molecule has 2 rings (SSSR count). The number of nitrogens with zero attached hydrogens (tertiary/aromatic N) is 2. The van der Waals surface area contributed by atoms with Crippen molar-refractivity contribution in [3.8, 4) is 11.5 Å². The maximum atomic E-state index is 14.0. The molecule has 0 unspecified atom stereocenters. The number of rotatable bonds is 3. The molecule has 7 heteroatoms. The molecule has 0 amide bonds. The van der Waals surface area contributed by atoms with Crippen molar-refractivity contribution in [1.29, 1.82) is 5.41 Å². The largest absolute Gasteiger partial charge is 0.451 e. The van der Waals surface area contributed by atoms with Gasteiger partial charge in [0.25, 0.3) is 0 Å². The van der Waals surface area contributed by atoms with Gasteiger partial charge >= 0.3 is 0 Å². The zero-order chi connectivity index (χ0) is 13.3. The Balaban J connectivity index is 2.35. The normalized spacial score (nSPS) is 10.4. The summed E-state index contributed by atoms with van der Waals surface area (Å²) in [7, 11) is 1.73. The highest BCUT2D eigenvalue weighted by atomic mass is 79.9. The summed E-state index contributed by atoms with van der Waals surface area (Å²) in [6.07, 6.45) is 3.10. The van der Waals surface area contributed by atoms with Gasteiger partial charge in [-0.05, 0) is 28.1 Å². The maximum absolute atomic E-state index is 14.0. The summed E-state index contributed by atoms with van der Waals surface area (Å²) in [5, 5.41) is 11.2. The summed E-state index contributed by atoms with van der Waals surface area (Å²) >= 11 is 3.05. The molecule has 0 aliphatic heterocycles. The molecule has 0 aliphatic carbocycles. The molecule has 0 spiro atoms. The summed E-state index contributed by atoms with van der Waals surface area (Å²) in [6.45, 7) is 0. The first-order valence-electron chi connectivity index (χ1n) is 4.98. The van der Waals surface area contributed by atoms with Crippen LogP contribution >= 0.6 is 15.9 Å². The van der Waals surface area contributed by atoms with E-state index in [2.05, 4.69) is 21.0 Å². The number of aromatic nitrogens is 2. The average Bonchev–Trinajstić information content (AvgIpc) is 2.70. The van der Waals surface area contributed by atoms with Crippen molar-refractivity contribution >= 4 is 21.8 Å². The van der Waals surface area contributed by atoms with Crippen LogP contribution in [0.2, 0.25) is 0 Å². The molecule has 0 saturated heterocycles. The number of hydrogen-bond acceptors (Lipinski definition) is 3. The number of ether oxygens (including phenoxy) is 1. The molecule has 0 bridgehead atoms. The molecule has 1 heterocycles. The van der Waals surface area contributed by atoms with Crippen LogP contribution in [0.3, 0.4) is 0 Å². The minimum atomic E-state index is -0.605. The van der Waals surface area contributed by atoms with Crippen molar-refractivity contribution in [3.63, 3.8) is 0 Å². The standard InChI is InChI=1S/C11H10BrFN4O/c1-17-5-6(4-16-17)18-8-3-2-7(11(14)15)9(12)10(8)13/h2-5H,1H3,(H3,14,15). The molecule has 94 valence electrons. The smallest absolute Gasteiger partial charge is 0.180 e. The van der Waals surface area contributed by atoms with Gasteiger partial charge in [0.1, 0.15) is 5.84 Å². The van der Waals surface area contributed by atoms with Gasteiger partial charge in [-0.3, -0.25) is 10.1 Å². The Kier molecular flexibility index (Phi) is 3.33. The number of benzene rings is 1. The number of nitrogen functional groups attached to an aromatic ring is 1. The maximum Gasteiger partial charge on any atom is 0.180 e. The number of aryl methyl sites for hydroxylation is 1. The molecular weight excluding hydrogens is 303 g/mol. The van der Waals surface area contributed by atoms with Gasteiger partial charge < -0.3 is 10.5 Å². The van der Waals surface area contributed by atoms with Crippen LogP contribution in [-0.2, 0) is 7.05 Å². The quantitative estimate of drug-likeness (QED) is 0.675. The fraction of sp³-hybridized carbons (Fsp3) is 0.0909. The Bertz CT molecular complexity index is 611. The van der Waals surface area contributed by atoms with Crippen molar-refractivity contribution < 1.29 is 9.13 Å². The van der Waals surface area contributed by atoms with Crippen molar-refractivity contribution in [1.82, 2.24) is 9.78 Å². The Labute approximate surface area is 111 Å². The molecule has 1 aromatic heterocycles. The van der Waals surface area contributed by atoms with Crippen molar-refractivity contribution in [2.45, 2.75) is 0 Å². The average molecular weight is 313 g/mol. The molecule has 3 N–H and O–H groups in total. The van der Waals surface area contributed by atoms with E-state index in [9.17, 15) is 4.39 Å². The van der Waals surface area contributed by atoms with E-state index >= 15 is 0 Å². The summed E-state index contributed by atoms with van der Waals surface area (Å²) in [4.78, 5) is 0. The van der Waals surface area contributed by atoms with Crippen LogP contribution in [0, 0.1) is 11.2 Å². The van der Waals surface area contributed by atoms with Crippen LogP contribution in [0.15, 0.2) is 29.0 Å². The first-order chi connectivity index (χ1) is 8.49. The van der Waals surface area contributed by atoms with Gasteiger partial charge in [0.2, 0.25) is 0 Å². The second-order valence-corrected chi connectivity index (χ2v) is 4.40. The number of hydrogen-bond donors (Lipinski definition) is 2. The fourth-order valence-corrected chi connectivity index (χ4v) is 1.94. The number of nitrogens with two attached hydrogens (primary N) is 1. The monoisotopic (exact) mass is 312 g/mol. The summed E-state index contributed by atoms with van der Waals surface area (Å²) < 4.78 is 21.0. The lowest BCUT2D eigenvalue weighted by molar-refractivity contribution is 0.440. The highest BCUT2D eigenvalue weighted by molar-refractivity contribution is 9.10. The van der Waals surface area contributed by atoms with E-state index in [1.807, 2.05) is 0 Å². The van der Waals surface area contributed by atoms with Crippen LogP contribution in [0.25, 0.3) is 0 Å². The molecule has 0 fully saturated rings. The van der Waals surface area contributed by atoms with Crippen molar-refractivity contribution in [3.05, 3.63) is 40.4 Å². The molecule has 2 aromatic rings. The SMILES string of the molecule is Cn1cc(Oc2ccc(C(=N)N)c(Br)c2F)cn1. The second kappa shape index (κ2) is 4.77. The van der Waals surface area contributed by atoms with Gasteiger partial charge in [0.05, 0.1) is 16.9 Å². The van der Waals surface area contributed by atoms with Crippen LogP contribution in [0.4, 0.5) is 4.39 Å². The van der Waals surface area contributed by atoms with E-state index in [1.54, 1.807) is 17.9 Å². The van der Waals surface area contributed by atoms with Crippen LogP contribution in [0.5, 0.6) is 11.5 Å². The Morgan fingerprint density at radius 1 is 1.56 bits per heavy atom. The van der Waals surface area contributed by atoms with E-state index in [-0.39, 0.29) is 21.6 Å². The Morgan fingerprint density at radius 2 is 2.28 bits per heavy atom. The zero-order valence-corrected chi connectivity index (χ0v) is 11.0. The number of amidine groups is 1. The molecule has 0 saturated carbocycles. The third-order valence-electron chi connectivity index (χ3n) is 2.25. The third-order valence-corrected chi connectivity index (χ3v) is 3.02. The lowest BCUT2D eigenvalue weighted by Gasteiger charge is -2.08. The van der Waals surface area contributed by atoms with Crippen molar-refractivity contribution in [2.24, 2.45) is 12.8 Å². The highest BCUT2D eigenvalue weighted by Crippen LogP contribution is 2.31. The van der Waals surface area contributed by atoms with Gasteiger partial charge in [-0.25, -0.2) is 4.39 Å². The molecule has 0 aliphatic rings. The summed E-state index contributed by atoms with van der Waals surface area (Å²) in [5.41, 5.74) is 5.61. The van der Waals surface area contributed by atoms with Gasteiger partial charge in [0, 0.05) is 12.6 Å². The van der Waals surface area contributed by atoms with Gasteiger partial charge in [-0.2, -0.15) is 5.10 Å². The molecule has 1 aromatic carbocycles. The highest BCUT2D eigenvalue weighted by Gasteiger charge is 2.14. The summed E-state index contributed by atoms with van der Waals surface area (Å²) in [6, 6.07) is 2.94. The van der Waals surface area contributed by atoms with Gasteiger partial charge in [0.15, 0.2) is 17.3 Å². The second-order valence-electron chi connectivity index (χ2n) is 3.60. The first kappa shape index (κ1) is 12.6. The predicted octanol–water partition coefficient (Wildman–Crippen LogP) is 2.40. The van der Waals surface area contributed by atoms with Gasteiger partial charge in [-0.1, -0.05) is 0 Å². The molecule has 0 atom stereocenters. The first-order valence-corrected chi connectivity index (χ1v) is 5.77. The number of nitrogens with one attached hydrogen (secondary N) is 1. The lowest BCUT2D eigenvalue weighted by Crippen LogP contribution is -2.12. The van der Waals surface area contributed by atoms with Crippen LogP contribution in [0.1, 0.15) is 5.56 Å². The minimum Gasteiger partial charge on any atom is -0.451 e. The van der Waals surface area contributed by atoms with Crippen molar-refractivity contribution in [2.75, 3.05) is 0 Å². The molecule has 0 radical (unpaired) electrons. The Hall–Kier alpha value is -1.89. The molecule has 5 nitrogen and oxygen atoms in total. The molecule has 18 heavy (non-hydrogen) atoms. The van der Waals surface area contributed by atoms with E-state index in [0.717, 1.165) is 0 Å². The predicted molar refractivity (Wildman–Crippen MR) is 68.4 cm³/mol. The van der Waals surface area contributed by atoms with E-state index < -0.39 is 5.82 Å². The Morgan fingerprint density at radius 3 is 2.83 bits per heavy atom.